The van der Waals surface area contributed by atoms with Gasteiger partial charge in [-0.1, -0.05) is 6.92 Å². The Labute approximate surface area is 152 Å². The number of ether oxygens (including phenoxy) is 1. The number of likely N-dealkylation sites (N-methyl/N-ethyl adjacent to an activating group) is 1. The molecule has 0 unspecified atom stereocenters. The minimum Gasteiger partial charge on any atom is -0.383 e. The number of methoxy groups -OCH3 is 1. The first-order chi connectivity index (χ1) is 12.4. The Morgan fingerprint density at radius 2 is 1.85 bits per heavy atom. The second kappa shape index (κ2) is 7.61. The summed E-state index contributed by atoms with van der Waals surface area (Å²) in [6.07, 6.45) is 0. The molecule has 1 aromatic heterocycles. The third kappa shape index (κ3) is 3.49. The molecule has 0 N–H and O–H groups in total. The van der Waals surface area contributed by atoms with Crippen molar-refractivity contribution in [3.8, 4) is 0 Å². The first-order valence-corrected chi connectivity index (χ1v) is 10.4. The smallest absolute Gasteiger partial charge is 0.239 e. The molecule has 3 rings (SSSR count). The van der Waals surface area contributed by atoms with E-state index >= 15 is 4.39 Å². The number of nitrogens with zero attached hydrogens (tertiary/aromatic N) is 4. The van der Waals surface area contributed by atoms with Crippen LogP contribution in [-0.2, 0) is 14.6 Å². The van der Waals surface area contributed by atoms with Crippen molar-refractivity contribution in [1.29, 1.82) is 0 Å². The van der Waals surface area contributed by atoms with Crippen molar-refractivity contribution in [2.24, 2.45) is 0 Å². The van der Waals surface area contributed by atoms with Gasteiger partial charge in [-0.2, -0.15) is 9.37 Å². The maximum absolute atomic E-state index is 15.2. The molecule has 146 valence electrons. The van der Waals surface area contributed by atoms with Crippen LogP contribution in [0.15, 0.2) is 4.90 Å². The number of halogens is 2. The zero-order chi connectivity index (χ0) is 18.9. The molecule has 26 heavy (non-hydrogen) atoms. The van der Waals surface area contributed by atoms with Crippen molar-refractivity contribution in [3.63, 3.8) is 0 Å². The number of hydrogen-bond donors (Lipinski definition) is 0. The average Bonchev–Trinajstić information content (AvgIpc) is 2.63. The predicted molar refractivity (Wildman–Crippen MR) is 94.6 cm³/mol. The van der Waals surface area contributed by atoms with Crippen LogP contribution < -0.4 is 9.80 Å². The molecule has 10 heteroatoms. The molecule has 0 spiro atoms. The molecule has 0 atom stereocenters. The summed E-state index contributed by atoms with van der Waals surface area (Å²) in [5.74, 6) is -2.37. The standard InChI is InChI=1S/C16H24F2N4O3S/c1-3-20-4-6-22(7-5-20)16-12(17)14-13(15(18)19-16)21(8-10-25-2)9-11-26(14,23)24/h3-11H2,1-2H3. The van der Waals surface area contributed by atoms with E-state index in [9.17, 15) is 12.8 Å². The molecule has 0 bridgehead atoms. The van der Waals surface area contributed by atoms with E-state index in [1.807, 2.05) is 6.92 Å². The van der Waals surface area contributed by atoms with Gasteiger partial charge in [-0.05, 0) is 6.54 Å². The minimum atomic E-state index is -3.90. The van der Waals surface area contributed by atoms with Crippen molar-refractivity contribution in [2.75, 3.05) is 75.1 Å². The summed E-state index contributed by atoms with van der Waals surface area (Å²) in [5, 5.41) is 0. The van der Waals surface area contributed by atoms with E-state index in [0.717, 1.165) is 6.54 Å². The second-order valence-corrected chi connectivity index (χ2v) is 8.48. The van der Waals surface area contributed by atoms with Gasteiger partial charge in [0.05, 0.1) is 12.4 Å². The third-order valence-electron chi connectivity index (χ3n) is 4.95. The summed E-state index contributed by atoms with van der Waals surface area (Å²) in [6, 6.07) is 0. The Bertz CT molecular complexity index is 767. The van der Waals surface area contributed by atoms with Gasteiger partial charge in [0.25, 0.3) is 0 Å². The lowest BCUT2D eigenvalue weighted by Gasteiger charge is -2.36. The van der Waals surface area contributed by atoms with E-state index < -0.39 is 26.5 Å². The molecule has 0 radical (unpaired) electrons. The molecule has 1 aromatic rings. The molecule has 0 aromatic carbocycles. The molecule has 2 aliphatic heterocycles. The number of fused-ring (bicyclic) bond motifs is 1. The van der Waals surface area contributed by atoms with Crippen LogP contribution in [0.3, 0.4) is 0 Å². The number of piperazine rings is 1. The van der Waals surface area contributed by atoms with Crippen LogP contribution in [0.4, 0.5) is 20.3 Å². The number of hydrogen-bond acceptors (Lipinski definition) is 7. The van der Waals surface area contributed by atoms with E-state index in [2.05, 4.69) is 9.88 Å². The van der Waals surface area contributed by atoms with Crippen LogP contribution in [0.1, 0.15) is 6.92 Å². The van der Waals surface area contributed by atoms with E-state index in [1.165, 1.54) is 12.0 Å². The summed E-state index contributed by atoms with van der Waals surface area (Å²) in [5.41, 5.74) is -0.276. The number of rotatable bonds is 5. The Morgan fingerprint density at radius 3 is 2.46 bits per heavy atom. The van der Waals surface area contributed by atoms with Gasteiger partial charge >= 0.3 is 0 Å². The zero-order valence-electron chi connectivity index (χ0n) is 15.0. The van der Waals surface area contributed by atoms with Crippen molar-refractivity contribution in [2.45, 2.75) is 11.8 Å². The van der Waals surface area contributed by atoms with E-state index in [-0.39, 0.29) is 37.0 Å². The monoisotopic (exact) mass is 390 g/mol. The molecule has 1 fully saturated rings. The first-order valence-electron chi connectivity index (χ1n) is 8.72. The second-order valence-electron chi connectivity index (χ2n) is 6.44. The van der Waals surface area contributed by atoms with Crippen LogP contribution in [-0.4, -0.2) is 83.6 Å². The van der Waals surface area contributed by atoms with Gasteiger partial charge in [-0.25, -0.2) is 12.8 Å². The highest BCUT2D eigenvalue weighted by atomic mass is 32.2. The molecule has 1 saturated heterocycles. The van der Waals surface area contributed by atoms with Gasteiger partial charge < -0.3 is 19.4 Å². The summed E-state index contributed by atoms with van der Waals surface area (Å²) in [4.78, 5) is 8.53. The molecule has 0 amide bonds. The fraction of sp³-hybridized carbons (Fsp3) is 0.688. The van der Waals surface area contributed by atoms with Gasteiger partial charge in [-0.3, -0.25) is 0 Å². The van der Waals surface area contributed by atoms with Gasteiger partial charge in [-0.15, -0.1) is 0 Å². The average molecular weight is 390 g/mol. The molecule has 0 saturated carbocycles. The maximum atomic E-state index is 15.2. The Kier molecular flexibility index (Phi) is 5.64. The number of pyridine rings is 1. The van der Waals surface area contributed by atoms with Crippen molar-refractivity contribution < 1.29 is 21.9 Å². The summed E-state index contributed by atoms with van der Waals surface area (Å²) in [7, 11) is -2.41. The fourth-order valence-electron chi connectivity index (χ4n) is 3.41. The predicted octanol–water partition coefficient (Wildman–Crippen LogP) is 0.742. The van der Waals surface area contributed by atoms with E-state index in [0.29, 0.717) is 26.2 Å². The lowest BCUT2D eigenvalue weighted by Crippen LogP contribution is -2.47. The normalized spacial score (nSPS) is 20.3. The van der Waals surface area contributed by atoms with Crippen LogP contribution in [0.5, 0.6) is 0 Å². The summed E-state index contributed by atoms with van der Waals surface area (Å²) < 4.78 is 59.9. The van der Waals surface area contributed by atoms with E-state index in [4.69, 9.17) is 4.74 Å². The van der Waals surface area contributed by atoms with Gasteiger partial charge in [0, 0.05) is 46.4 Å². The largest absolute Gasteiger partial charge is 0.383 e. The highest BCUT2D eigenvalue weighted by Gasteiger charge is 2.38. The topological polar surface area (TPSA) is 66.0 Å². The Morgan fingerprint density at radius 1 is 1.15 bits per heavy atom. The highest BCUT2D eigenvalue weighted by Crippen LogP contribution is 2.38. The minimum absolute atomic E-state index is 0.0885. The lowest BCUT2D eigenvalue weighted by molar-refractivity contribution is 0.205. The van der Waals surface area contributed by atoms with Crippen molar-refractivity contribution >= 4 is 21.3 Å². The van der Waals surface area contributed by atoms with Gasteiger partial charge in [0.15, 0.2) is 21.5 Å². The Balaban J connectivity index is 2.02. The molecule has 3 heterocycles. The van der Waals surface area contributed by atoms with Crippen LogP contribution in [0, 0.1) is 11.8 Å². The maximum Gasteiger partial charge on any atom is 0.239 e. The SMILES string of the molecule is CCN1CCN(c2nc(F)c3c(c2F)S(=O)(=O)CCN3CCOC)CC1. The molecular formula is C16H24F2N4O3S. The van der Waals surface area contributed by atoms with Crippen LogP contribution >= 0.6 is 0 Å². The van der Waals surface area contributed by atoms with Gasteiger partial charge in [0.2, 0.25) is 5.95 Å². The van der Waals surface area contributed by atoms with Crippen LogP contribution in [0.2, 0.25) is 0 Å². The molecular weight excluding hydrogens is 366 g/mol. The first kappa shape index (κ1) is 19.2. The molecule has 0 aliphatic carbocycles. The number of sulfone groups is 1. The summed E-state index contributed by atoms with van der Waals surface area (Å²) in [6.45, 7) is 5.90. The fourth-order valence-corrected chi connectivity index (χ4v) is 4.94. The Hall–Kier alpha value is -1.52. The van der Waals surface area contributed by atoms with Crippen LogP contribution in [0.25, 0.3) is 0 Å². The molecule has 7 nitrogen and oxygen atoms in total. The van der Waals surface area contributed by atoms with Gasteiger partial charge in [0.1, 0.15) is 10.6 Å². The quantitative estimate of drug-likeness (QED) is 0.687. The lowest BCUT2D eigenvalue weighted by atomic mass is 10.2. The highest BCUT2D eigenvalue weighted by molar-refractivity contribution is 7.91. The van der Waals surface area contributed by atoms with E-state index in [1.54, 1.807) is 4.90 Å². The number of anilines is 2. The summed E-state index contributed by atoms with van der Waals surface area (Å²) >= 11 is 0. The molecule has 2 aliphatic rings. The third-order valence-corrected chi connectivity index (χ3v) is 6.67. The zero-order valence-corrected chi connectivity index (χ0v) is 15.9. The number of aromatic nitrogens is 1. The van der Waals surface area contributed by atoms with Crippen molar-refractivity contribution in [3.05, 3.63) is 11.8 Å². The van der Waals surface area contributed by atoms with Crippen molar-refractivity contribution in [1.82, 2.24) is 9.88 Å².